The number of benzene rings is 1. The molecule has 0 saturated carbocycles. The third-order valence-corrected chi connectivity index (χ3v) is 9.80. The maximum Gasteiger partial charge on any atom is 0.310 e. The van der Waals surface area contributed by atoms with E-state index in [2.05, 4.69) is 41.3 Å². The van der Waals surface area contributed by atoms with E-state index in [0.717, 1.165) is 18.8 Å². The lowest BCUT2D eigenvalue weighted by Crippen LogP contribution is -2.60. The smallest absolute Gasteiger partial charge is 0.310 e. The van der Waals surface area contributed by atoms with Crippen molar-refractivity contribution in [2.75, 3.05) is 36.0 Å². The molecule has 0 aromatic heterocycles. The molecule has 4 rings (SSSR count). The molecule has 3 heterocycles. The molecule has 8 atom stereocenters. The molecule has 3 aliphatic heterocycles. The number of carboxylic acid groups (broad SMARTS) is 1. The molecule has 214 valence electrons. The van der Waals surface area contributed by atoms with Crippen molar-refractivity contribution >= 4 is 45.1 Å². The minimum absolute atomic E-state index is 0.120. The largest absolute Gasteiger partial charge is 0.481 e. The molecule has 39 heavy (non-hydrogen) atoms. The van der Waals surface area contributed by atoms with Crippen LogP contribution in [0.4, 0.5) is 11.4 Å². The van der Waals surface area contributed by atoms with Crippen LogP contribution in [0.1, 0.15) is 40.5 Å². The van der Waals surface area contributed by atoms with E-state index in [9.17, 15) is 24.6 Å². The average Bonchev–Trinajstić information content (AvgIpc) is 3.52. The summed E-state index contributed by atoms with van der Waals surface area (Å²) < 4.78 is 6.40. The number of anilines is 2. The summed E-state index contributed by atoms with van der Waals surface area (Å²) in [6, 6.07) is 5.95. The van der Waals surface area contributed by atoms with Gasteiger partial charge in [0.05, 0.1) is 30.6 Å². The van der Waals surface area contributed by atoms with Crippen LogP contribution in [0, 0.1) is 17.8 Å². The molecule has 1 unspecified atom stereocenters. The number of aliphatic hydroxyl groups is 1. The molecule has 1 aromatic rings. The average molecular weight is 607 g/mol. The fourth-order valence-electron chi connectivity index (χ4n) is 6.83. The Morgan fingerprint density at radius 2 is 1.85 bits per heavy atom. The second-order valence-corrected chi connectivity index (χ2v) is 12.0. The second-order valence-electron chi connectivity index (χ2n) is 10.8. The highest BCUT2D eigenvalue weighted by Crippen LogP contribution is 2.60. The molecular formula is C29H40BrN3O6. The first-order valence-corrected chi connectivity index (χ1v) is 14.8. The van der Waals surface area contributed by atoms with Gasteiger partial charge in [-0.3, -0.25) is 14.4 Å². The van der Waals surface area contributed by atoms with Crippen LogP contribution in [-0.4, -0.2) is 87.8 Å². The van der Waals surface area contributed by atoms with E-state index in [-0.39, 0.29) is 29.8 Å². The number of amides is 2. The summed E-state index contributed by atoms with van der Waals surface area (Å²) in [6.45, 7) is 13.5. The van der Waals surface area contributed by atoms with Crippen molar-refractivity contribution in [2.24, 2.45) is 17.8 Å². The van der Waals surface area contributed by atoms with Crippen molar-refractivity contribution in [1.82, 2.24) is 4.90 Å². The number of rotatable bonds is 12. The third kappa shape index (κ3) is 4.68. The topological polar surface area (TPSA) is 111 Å². The van der Waals surface area contributed by atoms with Gasteiger partial charge in [-0.2, -0.15) is 0 Å². The summed E-state index contributed by atoms with van der Waals surface area (Å²) in [4.78, 5) is 46.0. The first-order chi connectivity index (χ1) is 18.6. The Hall–Kier alpha value is -2.43. The van der Waals surface area contributed by atoms with Gasteiger partial charge >= 0.3 is 5.97 Å². The fraction of sp³-hybridized carbons (Fsp3) is 0.621. The minimum Gasteiger partial charge on any atom is -0.481 e. The van der Waals surface area contributed by atoms with Crippen molar-refractivity contribution in [3.8, 4) is 0 Å². The van der Waals surface area contributed by atoms with Crippen molar-refractivity contribution < 1.29 is 29.3 Å². The number of nitrogens with zero attached hydrogens (tertiary/aromatic N) is 3. The number of carbonyl (C=O) groups is 3. The van der Waals surface area contributed by atoms with Crippen LogP contribution in [0.3, 0.4) is 0 Å². The van der Waals surface area contributed by atoms with Gasteiger partial charge in [-0.1, -0.05) is 42.3 Å². The van der Waals surface area contributed by atoms with Crippen molar-refractivity contribution in [3.05, 3.63) is 36.9 Å². The zero-order valence-electron chi connectivity index (χ0n) is 23.1. The van der Waals surface area contributed by atoms with Gasteiger partial charge in [0.15, 0.2) is 0 Å². The zero-order valence-corrected chi connectivity index (χ0v) is 24.7. The molecule has 9 nitrogen and oxygen atoms in total. The summed E-state index contributed by atoms with van der Waals surface area (Å²) in [5, 5.41) is 20.6. The summed E-state index contributed by atoms with van der Waals surface area (Å²) in [7, 11) is 0. The summed E-state index contributed by atoms with van der Waals surface area (Å²) in [6.07, 6.45) is 1.91. The van der Waals surface area contributed by atoms with E-state index in [1.165, 1.54) is 4.90 Å². The van der Waals surface area contributed by atoms with Crippen molar-refractivity contribution in [3.63, 3.8) is 0 Å². The number of carboxylic acids is 1. The van der Waals surface area contributed by atoms with E-state index in [4.69, 9.17) is 4.74 Å². The van der Waals surface area contributed by atoms with Crippen LogP contribution in [0.5, 0.6) is 0 Å². The predicted molar refractivity (Wildman–Crippen MR) is 153 cm³/mol. The zero-order chi connectivity index (χ0) is 28.6. The van der Waals surface area contributed by atoms with E-state index in [0.29, 0.717) is 18.5 Å². The summed E-state index contributed by atoms with van der Waals surface area (Å²) in [5.41, 5.74) is 0.370. The molecule has 0 radical (unpaired) electrons. The minimum atomic E-state index is -1.31. The lowest BCUT2D eigenvalue weighted by atomic mass is 9.70. The van der Waals surface area contributed by atoms with Gasteiger partial charge in [0.1, 0.15) is 11.6 Å². The number of hydrogen-bond acceptors (Lipinski definition) is 6. The van der Waals surface area contributed by atoms with Crippen LogP contribution in [0.15, 0.2) is 36.9 Å². The van der Waals surface area contributed by atoms with Crippen LogP contribution < -0.4 is 9.80 Å². The highest BCUT2D eigenvalue weighted by Gasteiger charge is 2.77. The van der Waals surface area contributed by atoms with Gasteiger partial charge in [0, 0.05) is 35.8 Å². The predicted octanol–water partition coefficient (Wildman–Crippen LogP) is 3.29. The van der Waals surface area contributed by atoms with E-state index < -0.39 is 47.5 Å². The lowest BCUT2D eigenvalue weighted by Gasteiger charge is -2.41. The maximum absolute atomic E-state index is 14.6. The number of hydrogen-bond donors (Lipinski definition) is 2. The van der Waals surface area contributed by atoms with Crippen molar-refractivity contribution in [2.45, 2.75) is 69.2 Å². The maximum atomic E-state index is 14.6. The highest BCUT2D eigenvalue weighted by molar-refractivity contribution is 9.09. The molecule has 3 fully saturated rings. The first-order valence-electron chi connectivity index (χ1n) is 13.9. The molecule has 10 heteroatoms. The highest BCUT2D eigenvalue weighted by atomic mass is 79.9. The Labute approximate surface area is 238 Å². The molecule has 3 aliphatic rings. The number of fused-ring (bicyclic) bond motifs is 1. The summed E-state index contributed by atoms with van der Waals surface area (Å²) in [5.74, 6) is -4.11. The summed E-state index contributed by atoms with van der Waals surface area (Å²) >= 11 is 3.58. The van der Waals surface area contributed by atoms with E-state index >= 15 is 0 Å². The Bertz CT molecular complexity index is 1090. The van der Waals surface area contributed by atoms with Gasteiger partial charge in [-0.25, -0.2) is 0 Å². The van der Waals surface area contributed by atoms with Gasteiger partial charge < -0.3 is 29.6 Å². The van der Waals surface area contributed by atoms with Gasteiger partial charge in [0.2, 0.25) is 5.91 Å². The number of carbonyl (C=O) groups excluding carboxylic acids is 2. The number of halogens is 1. The van der Waals surface area contributed by atoms with Gasteiger partial charge in [-0.05, 0) is 50.5 Å². The standard InChI is InChI=1S/C29H40BrN3O6/c1-6-14-32(19-12-10-18(11-13-19)31(8-3)9-4)27(36)25-29-15-20(30)24(39-29)22(28(37)38)23(29)26(35)33(25)21(16-34)17(5)7-2/h6,10-13,17,20-25,34H,1,7-9,14-16H2,2-5H3,(H,37,38)/t17-,20?,21-,22+,23-,24+,25+,29-/m0/s1. The first kappa shape index (κ1) is 29.6. The normalized spacial score (nSPS) is 30.7. The third-order valence-electron chi connectivity index (χ3n) is 8.96. The number of ether oxygens (including phenoxy) is 1. The monoisotopic (exact) mass is 605 g/mol. The Balaban J connectivity index is 1.82. The fourth-order valence-corrected chi connectivity index (χ4v) is 7.77. The van der Waals surface area contributed by atoms with Crippen LogP contribution in [0.2, 0.25) is 0 Å². The molecular weight excluding hydrogens is 566 g/mol. The van der Waals surface area contributed by atoms with Crippen LogP contribution >= 0.6 is 15.9 Å². The molecule has 1 spiro atoms. The molecule has 3 saturated heterocycles. The van der Waals surface area contributed by atoms with Crippen molar-refractivity contribution in [1.29, 1.82) is 0 Å². The number of alkyl halides is 1. The number of aliphatic carboxylic acids is 1. The van der Waals surface area contributed by atoms with E-state index in [1.54, 1.807) is 11.0 Å². The van der Waals surface area contributed by atoms with Gasteiger partial charge in [0.25, 0.3) is 5.91 Å². The van der Waals surface area contributed by atoms with E-state index in [1.807, 2.05) is 38.1 Å². The number of aliphatic hydroxyl groups excluding tert-OH is 1. The molecule has 0 aliphatic carbocycles. The number of likely N-dealkylation sites (tertiary alicyclic amines) is 1. The van der Waals surface area contributed by atoms with Crippen LogP contribution in [0.25, 0.3) is 0 Å². The molecule has 2 amide bonds. The Kier molecular flexibility index (Phi) is 8.78. The second kappa shape index (κ2) is 11.6. The molecule has 1 aromatic carbocycles. The molecule has 2 bridgehead atoms. The van der Waals surface area contributed by atoms with Gasteiger partial charge in [-0.15, -0.1) is 6.58 Å². The quantitative estimate of drug-likeness (QED) is 0.278. The Morgan fingerprint density at radius 1 is 1.23 bits per heavy atom. The Morgan fingerprint density at radius 3 is 2.36 bits per heavy atom. The SMILES string of the molecule is C=CCN(C(=O)[C@H]1N([C@@H](CO)[C@@H](C)CC)C(=O)[C@@H]2[C@@H](C(=O)O)[C@@H]3O[C@@]21CC3Br)c1ccc(N(CC)CC)cc1. The lowest BCUT2D eigenvalue weighted by molar-refractivity contribution is -0.151. The molecule has 2 N–H and O–H groups in total. The van der Waals surface area contributed by atoms with Crippen LogP contribution in [-0.2, 0) is 19.1 Å².